The average Bonchev–Trinajstić information content (AvgIpc) is 2.34. The number of benzene rings is 1. The molecule has 1 aromatic carbocycles. The molecule has 0 radical (unpaired) electrons. The van der Waals surface area contributed by atoms with Crippen LogP contribution in [0.25, 0.3) is 0 Å². The quantitative estimate of drug-likeness (QED) is 0.897. The maximum absolute atomic E-state index is 12.7. The number of hydrogen-bond acceptors (Lipinski definition) is 2. The molecule has 98 valence electrons. The van der Waals surface area contributed by atoms with Crippen molar-refractivity contribution < 1.29 is 13.9 Å². The number of amides is 1. The first-order chi connectivity index (χ1) is 8.63. The molecule has 0 spiro atoms. The smallest absolute Gasteiger partial charge is 0.217 e. The van der Waals surface area contributed by atoms with E-state index in [9.17, 15) is 9.18 Å². The van der Waals surface area contributed by atoms with Crippen LogP contribution < -0.4 is 10.1 Å². The highest BCUT2D eigenvalue weighted by Gasteiger charge is 2.22. The lowest BCUT2D eigenvalue weighted by molar-refractivity contribution is -0.120. The topological polar surface area (TPSA) is 38.3 Å². The molecule has 0 aromatic heterocycles. The van der Waals surface area contributed by atoms with E-state index in [1.807, 2.05) is 0 Å². The van der Waals surface area contributed by atoms with Gasteiger partial charge < -0.3 is 10.1 Å². The SMILES string of the molecule is CC(=O)NC1CCC(Oc2ccc(F)cc2)CC1. The molecule has 0 bridgehead atoms. The third kappa shape index (κ3) is 3.72. The van der Waals surface area contributed by atoms with E-state index in [-0.39, 0.29) is 23.9 Å². The first kappa shape index (κ1) is 12.9. The zero-order valence-electron chi connectivity index (χ0n) is 10.5. The summed E-state index contributed by atoms with van der Waals surface area (Å²) in [6, 6.07) is 6.37. The van der Waals surface area contributed by atoms with Gasteiger partial charge in [0, 0.05) is 13.0 Å². The highest BCUT2D eigenvalue weighted by atomic mass is 19.1. The van der Waals surface area contributed by atoms with Crippen LogP contribution in [-0.2, 0) is 4.79 Å². The van der Waals surface area contributed by atoms with Crippen LogP contribution in [0.2, 0.25) is 0 Å². The summed E-state index contributed by atoms with van der Waals surface area (Å²) in [5.41, 5.74) is 0. The minimum atomic E-state index is -0.253. The summed E-state index contributed by atoms with van der Waals surface area (Å²) < 4.78 is 18.5. The van der Waals surface area contributed by atoms with Crippen LogP contribution in [0.1, 0.15) is 32.6 Å². The molecule has 1 aliphatic carbocycles. The Balaban J connectivity index is 1.79. The highest BCUT2D eigenvalue weighted by molar-refractivity contribution is 5.73. The van der Waals surface area contributed by atoms with Gasteiger partial charge in [-0.15, -0.1) is 0 Å². The van der Waals surface area contributed by atoms with Gasteiger partial charge in [0.25, 0.3) is 0 Å². The highest BCUT2D eigenvalue weighted by Crippen LogP contribution is 2.23. The molecular weight excluding hydrogens is 233 g/mol. The summed E-state index contributed by atoms with van der Waals surface area (Å²) in [4.78, 5) is 10.9. The molecule has 1 aliphatic rings. The molecule has 2 rings (SSSR count). The Labute approximate surface area is 106 Å². The fourth-order valence-corrected chi connectivity index (χ4v) is 2.32. The minimum absolute atomic E-state index is 0.0258. The lowest BCUT2D eigenvalue weighted by Gasteiger charge is -2.29. The largest absolute Gasteiger partial charge is 0.490 e. The van der Waals surface area contributed by atoms with Gasteiger partial charge in [0.05, 0.1) is 6.10 Å². The first-order valence-electron chi connectivity index (χ1n) is 6.33. The van der Waals surface area contributed by atoms with Gasteiger partial charge in [-0.25, -0.2) is 4.39 Å². The summed E-state index contributed by atoms with van der Waals surface area (Å²) >= 11 is 0. The molecule has 1 N–H and O–H groups in total. The van der Waals surface area contributed by atoms with Gasteiger partial charge >= 0.3 is 0 Å². The zero-order chi connectivity index (χ0) is 13.0. The van der Waals surface area contributed by atoms with Crippen molar-refractivity contribution in [3.63, 3.8) is 0 Å². The van der Waals surface area contributed by atoms with E-state index < -0.39 is 0 Å². The van der Waals surface area contributed by atoms with E-state index in [4.69, 9.17) is 4.74 Å². The second-order valence-electron chi connectivity index (χ2n) is 4.75. The van der Waals surface area contributed by atoms with Crippen molar-refractivity contribution in [2.75, 3.05) is 0 Å². The molecule has 4 heteroatoms. The standard InChI is InChI=1S/C14H18FNO2/c1-10(17)16-12-4-8-14(9-5-12)18-13-6-2-11(15)3-7-13/h2-3,6-7,12,14H,4-5,8-9H2,1H3,(H,16,17). The molecule has 0 saturated heterocycles. The normalized spacial score (nSPS) is 23.4. The fraction of sp³-hybridized carbons (Fsp3) is 0.500. The third-order valence-electron chi connectivity index (χ3n) is 3.20. The van der Waals surface area contributed by atoms with Crippen molar-refractivity contribution in [2.45, 2.75) is 44.8 Å². The van der Waals surface area contributed by atoms with Crippen LogP contribution in [-0.4, -0.2) is 18.1 Å². The molecule has 1 aromatic rings. The van der Waals surface area contributed by atoms with Crippen molar-refractivity contribution in [1.82, 2.24) is 5.32 Å². The molecule has 1 saturated carbocycles. The van der Waals surface area contributed by atoms with E-state index in [2.05, 4.69) is 5.32 Å². The summed E-state index contributed by atoms with van der Waals surface area (Å²) in [5, 5.41) is 2.93. The van der Waals surface area contributed by atoms with Crippen molar-refractivity contribution in [3.05, 3.63) is 30.1 Å². The fourth-order valence-electron chi connectivity index (χ4n) is 2.32. The molecular formula is C14H18FNO2. The van der Waals surface area contributed by atoms with Gasteiger partial charge in [-0.1, -0.05) is 0 Å². The lowest BCUT2D eigenvalue weighted by atomic mass is 9.93. The predicted octanol–water partition coefficient (Wildman–Crippen LogP) is 2.65. The van der Waals surface area contributed by atoms with Gasteiger partial charge in [-0.3, -0.25) is 4.79 Å². The van der Waals surface area contributed by atoms with Crippen LogP contribution in [0.15, 0.2) is 24.3 Å². The molecule has 0 atom stereocenters. The first-order valence-corrected chi connectivity index (χ1v) is 6.33. The Morgan fingerprint density at radius 3 is 2.39 bits per heavy atom. The van der Waals surface area contributed by atoms with Crippen molar-refractivity contribution in [2.24, 2.45) is 0 Å². The van der Waals surface area contributed by atoms with Crippen molar-refractivity contribution >= 4 is 5.91 Å². The molecule has 3 nitrogen and oxygen atoms in total. The molecule has 18 heavy (non-hydrogen) atoms. The molecule has 0 unspecified atom stereocenters. The Kier molecular flexibility index (Phi) is 4.18. The number of halogens is 1. The second-order valence-corrected chi connectivity index (χ2v) is 4.75. The van der Waals surface area contributed by atoms with E-state index in [0.717, 1.165) is 25.7 Å². The number of carbonyl (C=O) groups excluding carboxylic acids is 1. The second kappa shape index (κ2) is 5.85. The Morgan fingerprint density at radius 2 is 1.83 bits per heavy atom. The van der Waals surface area contributed by atoms with Crippen LogP contribution in [0.5, 0.6) is 5.75 Å². The van der Waals surface area contributed by atoms with Crippen molar-refractivity contribution in [1.29, 1.82) is 0 Å². The maximum atomic E-state index is 12.7. The van der Waals surface area contributed by atoms with Crippen LogP contribution in [0.4, 0.5) is 4.39 Å². The van der Waals surface area contributed by atoms with Gasteiger partial charge in [0.1, 0.15) is 11.6 Å². The van der Waals surface area contributed by atoms with Gasteiger partial charge in [-0.05, 0) is 49.9 Å². The summed E-state index contributed by atoms with van der Waals surface area (Å²) in [6.07, 6.45) is 3.88. The van der Waals surface area contributed by atoms with E-state index in [1.165, 1.54) is 12.1 Å². The maximum Gasteiger partial charge on any atom is 0.217 e. The van der Waals surface area contributed by atoms with Crippen LogP contribution >= 0.6 is 0 Å². The number of hydrogen-bond donors (Lipinski definition) is 1. The van der Waals surface area contributed by atoms with Crippen molar-refractivity contribution in [3.8, 4) is 5.75 Å². The molecule has 1 amide bonds. The van der Waals surface area contributed by atoms with Gasteiger partial charge in [0.2, 0.25) is 5.91 Å². The van der Waals surface area contributed by atoms with Gasteiger partial charge in [-0.2, -0.15) is 0 Å². The van der Waals surface area contributed by atoms with Gasteiger partial charge in [0.15, 0.2) is 0 Å². The number of rotatable bonds is 3. The number of nitrogens with one attached hydrogen (secondary N) is 1. The van der Waals surface area contributed by atoms with E-state index in [0.29, 0.717) is 5.75 Å². The summed E-state index contributed by atoms with van der Waals surface area (Å²) in [6.45, 7) is 1.54. The molecule has 1 fully saturated rings. The Morgan fingerprint density at radius 1 is 1.22 bits per heavy atom. The predicted molar refractivity (Wildman–Crippen MR) is 66.9 cm³/mol. The summed E-state index contributed by atoms with van der Waals surface area (Å²) in [5.74, 6) is 0.481. The minimum Gasteiger partial charge on any atom is -0.490 e. The third-order valence-corrected chi connectivity index (χ3v) is 3.20. The monoisotopic (exact) mass is 251 g/mol. The average molecular weight is 251 g/mol. The summed E-state index contributed by atoms with van der Waals surface area (Å²) in [7, 11) is 0. The van der Waals surface area contributed by atoms with Crippen LogP contribution in [0, 0.1) is 5.82 Å². The Bertz CT molecular complexity index is 397. The Hall–Kier alpha value is -1.58. The van der Waals surface area contributed by atoms with E-state index >= 15 is 0 Å². The lowest BCUT2D eigenvalue weighted by Crippen LogP contribution is -2.38. The zero-order valence-corrected chi connectivity index (χ0v) is 10.5. The van der Waals surface area contributed by atoms with E-state index in [1.54, 1.807) is 19.1 Å². The van der Waals surface area contributed by atoms with Crippen LogP contribution in [0.3, 0.4) is 0 Å². The molecule has 0 aliphatic heterocycles. The number of carbonyl (C=O) groups is 1. The molecule has 0 heterocycles. The number of ether oxygens (including phenoxy) is 1.